The quantitative estimate of drug-likeness (QED) is 0.450. The number of methoxy groups -OCH3 is 2. The molecule has 92 valence electrons. The molecule has 0 fully saturated rings. The Balaban J connectivity index is 3.88. The van der Waals surface area contributed by atoms with E-state index in [0.29, 0.717) is 17.9 Å². The third-order valence-electron chi connectivity index (χ3n) is 2.79. The van der Waals surface area contributed by atoms with E-state index < -0.39 is 0 Å². The second-order valence-corrected chi connectivity index (χ2v) is 4.33. The molecule has 0 aliphatic rings. The fourth-order valence-electron chi connectivity index (χ4n) is 1.76. The fraction of sp³-hybridized carbons (Fsp3) is 1.00. The lowest BCUT2D eigenvalue weighted by Gasteiger charge is -2.25. The Morgan fingerprint density at radius 1 is 1.20 bits per heavy atom. The van der Waals surface area contributed by atoms with Crippen LogP contribution in [0.25, 0.3) is 0 Å². The Morgan fingerprint density at radius 2 is 1.87 bits per heavy atom. The molecular formula is C11H26N2O2. The Morgan fingerprint density at radius 3 is 2.33 bits per heavy atom. The molecular weight excluding hydrogens is 192 g/mol. The molecule has 3 unspecified atom stereocenters. The van der Waals surface area contributed by atoms with Crippen molar-refractivity contribution in [3.8, 4) is 0 Å². The molecule has 0 rings (SSSR count). The van der Waals surface area contributed by atoms with Gasteiger partial charge in [0.1, 0.15) is 0 Å². The molecule has 0 saturated carbocycles. The van der Waals surface area contributed by atoms with Crippen molar-refractivity contribution >= 4 is 0 Å². The third-order valence-corrected chi connectivity index (χ3v) is 2.79. The summed E-state index contributed by atoms with van der Waals surface area (Å²) in [5.74, 6) is 6.61. The lowest BCUT2D eigenvalue weighted by atomic mass is 9.91. The highest BCUT2D eigenvalue weighted by Crippen LogP contribution is 2.16. The van der Waals surface area contributed by atoms with E-state index in [2.05, 4.69) is 19.3 Å². The molecule has 3 N–H and O–H groups in total. The van der Waals surface area contributed by atoms with Gasteiger partial charge in [-0.25, -0.2) is 0 Å². The van der Waals surface area contributed by atoms with E-state index in [-0.39, 0.29) is 0 Å². The topological polar surface area (TPSA) is 56.5 Å². The summed E-state index contributed by atoms with van der Waals surface area (Å²) in [4.78, 5) is 0. The van der Waals surface area contributed by atoms with E-state index in [4.69, 9.17) is 15.3 Å². The van der Waals surface area contributed by atoms with Gasteiger partial charge < -0.3 is 9.47 Å². The molecule has 0 aliphatic carbocycles. The first-order chi connectivity index (χ1) is 7.15. The predicted molar refractivity (Wildman–Crippen MR) is 62.4 cm³/mol. The van der Waals surface area contributed by atoms with Crippen LogP contribution in [0.2, 0.25) is 0 Å². The Labute approximate surface area is 93.5 Å². The van der Waals surface area contributed by atoms with Crippen molar-refractivity contribution in [1.82, 2.24) is 5.43 Å². The number of ether oxygens (including phenoxy) is 2. The molecule has 4 nitrogen and oxygen atoms in total. The maximum absolute atomic E-state index is 5.56. The van der Waals surface area contributed by atoms with Gasteiger partial charge in [0.25, 0.3) is 0 Å². The van der Waals surface area contributed by atoms with Crippen molar-refractivity contribution in [2.24, 2.45) is 17.7 Å². The summed E-state index contributed by atoms with van der Waals surface area (Å²) in [5, 5.41) is 0. The van der Waals surface area contributed by atoms with Crippen LogP contribution in [0.4, 0.5) is 0 Å². The molecule has 0 radical (unpaired) electrons. The maximum atomic E-state index is 5.56. The molecule has 3 atom stereocenters. The van der Waals surface area contributed by atoms with Gasteiger partial charge in [-0.3, -0.25) is 11.3 Å². The van der Waals surface area contributed by atoms with Crippen LogP contribution >= 0.6 is 0 Å². The summed E-state index contributed by atoms with van der Waals surface area (Å²) in [6.45, 7) is 5.95. The summed E-state index contributed by atoms with van der Waals surface area (Å²) >= 11 is 0. The van der Waals surface area contributed by atoms with E-state index >= 15 is 0 Å². The van der Waals surface area contributed by atoms with Crippen LogP contribution in [0.5, 0.6) is 0 Å². The molecule has 4 heteroatoms. The highest BCUT2D eigenvalue weighted by molar-refractivity contribution is 4.73. The molecule has 0 saturated heterocycles. The lowest BCUT2D eigenvalue weighted by molar-refractivity contribution is 0.134. The smallest absolute Gasteiger partial charge is 0.0488 e. The van der Waals surface area contributed by atoms with E-state index in [1.807, 2.05) is 0 Å². The maximum Gasteiger partial charge on any atom is 0.0488 e. The predicted octanol–water partition coefficient (Wildman–Crippen LogP) is 1.16. The van der Waals surface area contributed by atoms with Gasteiger partial charge in [-0.1, -0.05) is 13.8 Å². The van der Waals surface area contributed by atoms with Crippen LogP contribution in [-0.2, 0) is 9.47 Å². The second kappa shape index (κ2) is 9.09. The van der Waals surface area contributed by atoms with Gasteiger partial charge in [0.2, 0.25) is 0 Å². The van der Waals surface area contributed by atoms with Crippen LogP contribution in [0.15, 0.2) is 0 Å². The molecule has 0 bridgehead atoms. The first-order valence-corrected chi connectivity index (χ1v) is 5.59. The van der Waals surface area contributed by atoms with Crippen molar-refractivity contribution in [1.29, 1.82) is 0 Å². The van der Waals surface area contributed by atoms with E-state index in [1.165, 1.54) is 0 Å². The first-order valence-electron chi connectivity index (χ1n) is 5.59. The number of rotatable bonds is 9. The third kappa shape index (κ3) is 6.84. The Bertz CT molecular complexity index is 145. The first kappa shape index (κ1) is 14.8. The minimum atomic E-state index is 0.338. The van der Waals surface area contributed by atoms with Crippen molar-refractivity contribution in [3.05, 3.63) is 0 Å². The molecule has 0 amide bonds. The van der Waals surface area contributed by atoms with Crippen molar-refractivity contribution in [3.63, 3.8) is 0 Å². The molecule has 15 heavy (non-hydrogen) atoms. The van der Waals surface area contributed by atoms with E-state index in [0.717, 1.165) is 26.1 Å². The SMILES string of the molecule is COCCC(C)C(CC(C)COC)NN. The van der Waals surface area contributed by atoms with Crippen LogP contribution in [0.3, 0.4) is 0 Å². The Hall–Kier alpha value is -0.160. The van der Waals surface area contributed by atoms with E-state index in [1.54, 1.807) is 14.2 Å². The average molecular weight is 218 g/mol. The van der Waals surface area contributed by atoms with Gasteiger partial charge in [-0.05, 0) is 24.7 Å². The van der Waals surface area contributed by atoms with Gasteiger partial charge in [0.15, 0.2) is 0 Å². The van der Waals surface area contributed by atoms with Crippen LogP contribution < -0.4 is 11.3 Å². The number of hydrogen-bond donors (Lipinski definition) is 2. The largest absolute Gasteiger partial charge is 0.385 e. The van der Waals surface area contributed by atoms with Gasteiger partial charge in [-0.2, -0.15) is 0 Å². The molecule has 0 aromatic carbocycles. The van der Waals surface area contributed by atoms with Gasteiger partial charge in [-0.15, -0.1) is 0 Å². The highest BCUT2D eigenvalue weighted by atomic mass is 16.5. The van der Waals surface area contributed by atoms with Crippen LogP contribution in [-0.4, -0.2) is 33.5 Å². The number of nitrogens with one attached hydrogen (secondary N) is 1. The average Bonchev–Trinajstić information content (AvgIpc) is 2.22. The van der Waals surface area contributed by atoms with Gasteiger partial charge in [0, 0.05) is 33.5 Å². The lowest BCUT2D eigenvalue weighted by Crippen LogP contribution is -2.41. The summed E-state index contributed by atoms with van der Waals surface area (Å²) < 4.78 is 10.2. The minimum Gasteiger partial charge on any atom is -0.385 e. The normalized spacial score (nSPS) is 17.4. The standard InChI is InChI=1S/C11H26N2O2/c1-9(8-15-4)7-11(13-12)10(2)5-6-14-3/h9-11,13H,5-8,12H2,1-4H3. The minimum absolute atomic E-state index is 0.338. The number of hydrazine groups is 1. The van der Waals surface area contributed by atoms with E-state index in [9.17, 15) is 0 Å². The highest BCUT2D eigenvalue weighted by Gasteiger charge is 2.18. The van der Waals surface area contributed by atoms with Crippen molar-refractivity contribution < 1.29 is 9.47 Å². The van der Waals surface area contributed by atoms with Crippen LogP contribution in [0.1, 0.15) is 26.7 Å². The fourth-order valence-corrected chi connectivity index (χ4v) is 1.76. The summed E-state index contributed by atoms with van der Waals surface area (Å²) in [6.07, 6.45) is 2.07. The zero-order chi connectivity index (χ0) is 11.7. The zero-order valence-electron chi connectivity index (χ0n) is 10.5. The van der Waals surface area contributed by atoms with Gasteiger partial charge >= 0.3 is 0 Å². The summed E-state index contributed by atoms with van der Waals surface area (Å²) in [6, 6.07) is 0.338. The zero-order valence-corrected chi connectivity index (χ0v) is 10.5. The van der Waals surface area contributed by atoms with Gasteiger partial charge in [0.05, 0.1) is 0 Å². The Kier molecular flexibility index (Phi) is 9.00. The molecule has 0 aromatic rings. The molecule has 0 spiro atoms. The van der Waals surface area contributed by atoms with Crippen molar-refractivity contribution in [2.45, 2.75) is 32.7 Å². The number of nitrogens with two attached hydrogens (primary N) is 1. The summed E-state index contributed by atoms with van der Waals surface area (Å²) in [7, 11) is 3.46. The monoisotopic (exact) mass is 218 g/mol. The molecule has 0 aromatic heterocycles. The van der Waals surface area contributed by atoms with Crippen LogP contribution in [0, 0.1) is 11.8 Å². The second-order valence-electron chi connectivity index (χ2n) is 4.33. The summed E-state index contributed by atoms with van der Waals surface area (Å²) in [5.41, 5.74) is 2.89. The molecule has 0 aliphatic heterocycles. The number of hydrogen-bond acceptors (Lipinski definition) is 4. The van der Waals surface area contributed by atoms with Crippen molar-refractivity contribution in [2.75, 3.05) is 27.4 Å². The molecule has 0 heterocycles.